The minimum Gasteiger partial charge on any atom is -0.452 e. The fraction of sp³-hybridized carbons (Fsp3) is 0.429. The molecule has 1 fully saturated rings. The third-order valence-electron chi connectivity index (χ3n) is 2.98. The van der Waals surface area contributed by atoms with Crippen LogP contribution in [0.4, 0.5) is 4.39 Å². The van der Waals surface area contributed by atoms with Crippen LogP contribution in [-0.4, -0.2) is 37.7 Å². The molecule has 0 spiro atoms. The van der Waals surface area contributed by atoms with Crippen molar-refractivity contribution in [3.05, 3.63) is 35.6 Å². The molecule has 0 unspecified atom stereocenters. The fourth-order valence-electron chi connectivity index (χ4n) is 1.92. The molecule has 6 heteroatoms. The van der Waals surface area contributed by atoms with Gasteiger partial charge < -0.3 is 14.8 Å². The van der Waals surface area contributed by atoms with Gasteiger partial charge in [-0.25, -0.2) is 9.18 Å². The van der Waals surface area contributed by atoms with Crippen molar-refractivity contribution in [2.75, 3.05) is 19.8 Å². The molecule has 1 N–H and O–H groups in total. The number of hydrogen-bond donors (Lipinski definition) is 1. The first-order valence-corrected chi connectivity index (χ1v) is 6.47. The van der Waals surface area contributed by atoms with E-state index < -0.39 is 24.3 Å². The van der Waals surface area contributed by atoms with E-state index in [0.717, 1.165) is 18.9 Å². The van der Waals surface area contributed by atoms with Gasteiger partial charge in [0, 0.05) is 13.2 Å². The van der Waals surface area contributed by atoms with Crippen molar-refractivity contribution in [1.82, 2.24) is 5.32 Å². The summed E-state index contributed by atoms with van der Waals surface area (Å²) in [6.07, 6.45) is 1.93. The van der Waals surface area contributed by atoms with Gasteiger partial charge >= 0.3 is 5.97 Å². The van der Waals surface area contributed by atoms with E-state index >= 15 is 0 Å². The average Bonchev–Trinajstić information content (AvgIpc) is 2.96. The molecule has 20 heavy (non-hydrogen) atoms. The van der Waals surface area contributed by atoms with Crippen LogP contribution in [0.2, 0.25) is 0 Å². The van der Waals surface area contributed by atoms with E-state index in [2.05, 4.69) is 5.32 Å². The number of amides is 1. The molecule has 1 aliphatic rings. The zero-order valence-electron chi connectivity index (χ0n) is 10.9. The molecule has 1 amide bonds. The zero-order valence-corrected chi connectivity index (χ0v) is 10.9. The van der Waals surface area contributed by atoms with Crippen LogP contribution in [0, 0.1) is 5.82 Å². The van der Waals surface area contributed by atoms with Crippen molar-refractivity contribution in [3.63, 3.8) is 0 Å². The summed E-state index contributed by atoms with van der Waals surface area (Å²) in [6.45, 7) is 0.679. The van der Waals surface area contributed by atoms with Crippen LogP contribution in [0.1, 0.15) is 23.2 Å². The Hall–Kier alpha value is -1.95. The third-order valence-corrected chi connectivity index (χ3v) is 2.98. The Bertz CT molecular complexity index is 486. The lowest BCUT2D eigenvalue weighted by Crippen LogP contribution is -2.34. The van der Waals surface area contributed by atoms with Crippen LogP contribution in [0.15, 0.2) is 24.3 Å². The third kappa shape index (κ3) is 4.03. The summed E-state index contributed by atoms with van der Waals surface area (Å²) < 4.78 is 23.4. The molecule has 5 nitrogen and oxygen atoms in total. The topological polar surface area (TPSA) is 64.6 Å². The minimum atomic E-state index is -0.852. The number of halogens is 1. The van der Waals surface area contributed by atoms with Crippen LogP contribution in [0.5, 0.6) is 0 Å². The van der Waals surface area contributed by atoms with Gasteiger partial charge in [0.15, 0.2) is 6.61 Å². The fourth-order valence-corrected chi connectivity index (χ4v) is 1.92. The molecule has 1 atom stereocenters. The van der Waals surface area contributed by atoms with E-state index in [1.807, 2.05) is 0 Å². The molecule has 1 aliphatic heterocycles. The van der Waals surface area contributed by atoms with Crippen molar-refractivity contribution in [1.29, 1.82) is 0 Å². The molecule has 0 aromatic heterocycles. The second kappa shape index (κ2) is 7.00. The van der Waals surface area contributed by atoms with Crippen molar-refractivity contribution in [2.45, 2.75) is 18.9 Å². The van der Waals surface area contributed by atoms with Crippen molar-refractivity contribution in [3.8, 4) is 0 Å². The van der Waals surface area contributed by atoms with Gasteiger partial charge in [-0.2, -0.15) is 0 Å². The Kier molecular flexibility index (Phi) is 5.06. The molecule has 0 saturated carbocycles. The van der Waals surface area contributed by atoms with E-state index in [9.17, 15) is 14.0 Å². The van der Waals surface area contributed by atoms with Crippen LogP contribution in [0.3, 0.4) is 0 Å². The normalized spacial score (nSPS) is 17.8. The summed E-state index contributed by atoms with van der Waals surface area (Å²) in [7, 11) is 0. The lowest BCUT2D eigenvalue weighted by atomic mass is 10.2. The number of hydrogen-bond acceptors (Lipinski definition) is 4. The highest BCUT2D eigenvalue weighted by molar-refractivity contribution is 5.91. The Labute approximate surface area is 116 Å². The number of rotatable bonds is 5. The van der Waals surface area contributed by atoms with Crippen LogP contribution < -0.4 is 5.32 Å². The largest absolute Gasteiger partial charge is 0.452 e. The number of nitrogens with one attached hydrogen (secondary N) is 1. The predicted molar refractivity (Wildman–Crippen MR) is 68.7 cm³/mol. The van der Waals surface area contributed by atoms with E-state index in [1.54, 1.807) is 0 Å². The standard InChI is InChI=1S/C14H16FNO4/c15-12-6-2-1-5-11(12)14(18)20-9-13(17)16-8-10-4-3-7-19-10/h1-2,5-6,10H,3-4,7-9H2,(H,16,17)/t10-/m1/s1. The number of benzene rings is 1. The van der Waals surface area contributed by atoms with Gasteiger partial charge in [0.2, 0.25) is 0 Å². The van der Waals surface area contributed by atoms with Gasteiger partial charge in [-0.15, -0.1) is 0 Å². The Morgan fingerprint density at radius 2 is 2.20 bits per heavy atom. The maximum Gasteiger partial charge on any atom is 0.341 e. The van der Waals surface area contributed by atoms with Crippen molar-refractivity contribution in [2.24, 2.45) is 0 Å². The maximum atomic E-state index is 13.3. The Morgan fingerprint density at radius 3 is 2.90 bits per heavy atom. The van der Waals surface area contributed by atoms with Gasteiger partial charge in [0.05, 0.1) is 11.7 Å². The summed E-state index contributed by atoms with van der Waals surface area (Å²) in [4.78, 5) is 23.0. The monoisotopic (exact) mass is 281 g/mol. The van der Waals surface area contributed by atoms with Crippen molar-refractivity contribution < 1.29 is 23.5 Å². The summed E-state index contributed by atoms with van der Waals surface area (Å²) in [6, 6.07) is 5.47. The van der Waals surface area contributed by atoms with E-state index in [-0.39, 0.29) is 11.7 Å². The number of carbonyl (C=O) groups excluding carboxylic acids is 2. The number of carbonyl (C=O) groups is 2. The van der Waals surface area contributed by atoms with Gasteiger partial charge in [0.25, 0.3) is 5.91 Å². The lowest BCUT2D eigenvalue weighted by molar-refractivity contribution is -0.124. The molecule has 2 rings (SSSR count). The molecular formula is C14H16FNO4. The van der Waals surface area contributed by atoms with Crippen LogP contribution in [0.25, 0.3) is 0 Å². The van der Waals surface area contributed by atoms with E-state index in [1.165, 1.54) is 18.2 Å². The lowest BCUT2D eigenvalue weighted by Gasteiger charge is -2.11. The summed E-state index contributed by atoms with van der Waals surface area (Å²) in [5.74, 6) is -1.95. The molecular weight excluding hydrogens is 265 g/mol. The molecule has 1 aromatic carbocycles. The maximum absolute atomic E-state index is 13.3. The Morgan fingerprint density at radius 1 is 1.40 bits per heavy atom. The van der Waals surface area contributed by atoms with E-state index in [4.69, 9.17) is 9.47 Å². The SMILES string of the molecule is O=C(COC(=O)c1ccccc1F)NC[C@H]1CCCO1. The molecule has 0 aliphatic carbocycles. The van der Waals surface area contributed by atoms with E-state index in [0.29, 0.717) is 13.2 Å². The quantitative estimate of drug-likeness (QED) is 0.826. The first-order valence-electron chi connectivity index (χ1n) is 6.47. The minimum absolute atomic E-state index is 0.0289. The first kappa shape index (κ1) is 14.5. The number of ether oxygens (including phenoxy) is 2. The zero-order chi connectivity index (χ0) is 14.4. The second-order valence-electron chi connectivity index (χ2n) is 4.50. The predicted octanol–water partition coefficient (Wildman–Crippen LogP) is 1.28. The van der Waals surface area contributed by atoms with Gasteiger partial charge in [-0.3, -0.25) is 4.79 Å². The highest BCUT2D eigenvalue weighted by Gasteiger charge is 2.17. The Balaban J connectivity index is 1.72. The molecule has 0 bridgehead atoms. The number of esters is 1. The average molecular weight is 281 g/mol. The van der Waals surface area contributed by atoms with Gasteiger partial charge in [0.1, 0.15) is 5.82 Å². The van der Waals surface area contributed by atoms with Crippen molar-refractivity contribution >= 4 is 11.9 Å². The summed E-state index contributed by atoms with van der Waals surface area (Å²) >= 11 is 0. The highest BCUT2D eigenvalue weighted by Crippen LogP contribution is 2.10. The van der Waals surface area contributed by atoms with Crippen LogP contribution >= 0.6 is 0 Å². The van der Waals surface area contributed by atoms with Gasteiger partial charge in [-0.1, -0.05) is 12.1 Å². The summed E-state index contributed by atoms with van der Waals surface area (Å²) in [5, 5.41) is 2.61. The molecule has 1 saturated heterocycles. The second-order valence-corrected chi connectivity index (χ2v) is 4.50. The molecule has 108 valence electrons. The smallest absolute Gasteiger partial charge is 0.341 e. The first-order chi connectivity index (χ1) is 9.66. The van der Waals surface area contributed by atoms with Crippen LogP contribution in [-0.2, 0) is 14.3 Å². The molecule has 1 heterocycles. The van der Waals surface area contributed by atoms with Gasteiger partial charge in [-0.05, 0) is 25.0 Å². The molecule has 1 aromatic rings. The summed E-state index contributed by atoms with van der Waals surface area (Å²) in [5.41, 5.74) is -0.181. The molecule has 0 radical (unpaired) electrons. The highest BCUT2D eigenvalue weighted by atomic mass is 19.1.